The number of nitrogens with one attached hydrogen (secondary N) is 2. The summed E-state index contributed by atoms with van der Waals surface area (Å²) >= 11 is 0. The average Bonchev–Trinajstić information content (AvgIpc) is 2.55. The fourth-order valence-corrected chi connectivity index (χ4v) is 2.69. The normalized spacial score (nSPS) is 23.4. The van der Waals surface area contributed by atoms with Gasteiger partial charge in [-0.25, -0.2) is 0 Å². The molecule has 2 saturated heterocycles. The van der Waals surface area contributed by atoms with E-state index in [9.17, 15) is 9.59 Å². The summed E-state index contributed by atoms with van der Waals surface area (Å²) in [5.41, 5.74) is 0. The minimum absolute atomic E-state index is 0.0286. The summed E-state index contributed by atoms with van der Waals surface area (Å²) in [7, 11) is 0. The Morgan fingerprint density at radius 3 is 2.33 bits per heavy atom. The molecule has 7 nitrogen and oxygen atoms in total. The highest BCUT2D eigenvalue weighted by molar-refractivity contribution is 5.89. The first kappa shape index (κ1) is 16.2. The highest BCUT2D eigenvalue weighted by atomic mass is 16.5. The Hall–Kier alpha value is -1.18. The van der Waals surface area contributed by atoms with Gasteiger partial charge in [0.1, 0.15) is 6.04 Å². The van der Waals surface area contributed by atoms with Crippen molar-refractivity contribution in [2.24, 2.45) is 0 Å². The van der Waals surface area contributed by atoms with Crippen LogP contribution in [0.25, 0.3) is 0 Å². The first-order valence-electron chi connectivity index (χ1n) is 7.71. The minimum Gasteiger partial charge on any atom is -0.378 e. The van der Waals surface area contributed by atoms with Crippen LogP contribution in [0, 0.1) is 0 Å². The largest absolute Gasteiger partial charge is 0.378 e. The smallest absolute Gasteiger partial charge is 0.245 e. The third-order valence-corrected chi connectivity index (χ3v) is 4.13. The number of ether oxygens (including phenoxy) is 1. The van der Waals surface area contributed by atoms with Crippen molar-refractivity contribution in [1.82, 2.24) is 20.4 Å². The molecule has 2 fully saturated rings. The topological polar surface area (TPSA) is 73.9 Å². The number of carbonyl (C=O) groups is 2. The number of morpholine rings is 1. The number of hydrogen-bond acceptors (Lipinski definition) is 5. The number of amides is 2. The van der Waals surface area contributed by atoms with E-state index in [2.05, 4.69) is 15.5 Å². The maximum Gasteiger partial charge on any atom is 0.245 e. The van der Waals surface area contributed by atoms with Crippen LogP contribution in [0.2, 0.25) is 0 Å². The molecular weight excluding hydrogens is 272 g/mol. The van der Waals surface area contributed by atoms with Gasteiger partial charge in [-0.2, -0.15) is 0 Å². The molecule has 0 radical (unpaired) electrons. The first-order chi connectivity index (χ1) is 10.1. The van der Waals surface area contributed by atoms with Crippen LogP contribution in [0.5, 0.6) is 0 Å². The molecule has 120 valence electrons. The Balaban J connectivity index is 1.81. The fourth-order valence-electron chi connectivity index (χ4n) is 2.69. The predicted molar refractivity (Wildman–Crippen MR) is 78.9 cm³/mol. The lowest BCUT2D eigenvalue weighted by atomic mass is 10.2. The monoisotopic (exact) mass is 298 g/mol. The molecule has 7 heteroatoms. The second kappa shape index (κ2) is 7.72. The summed E-state index contributed by atoms with van der Waals surface area (Å²) in [6.07, 6.45) is 0. The van der Waals surface area contributed by atoms with Crippen LogP contribution in [0.1, 0.15) is 13.8 Å². The Morgan fingerprint density at radius 2 is 1.71 bits per heavy atom. The molecule has 0 bridgehead atoms. The van der Waals surface area contributed by atoms with Gasteiger partial charge in [-0.1, -0.05) is 0 Å². The Kier molecular flexibility index (Phi) is 5.96. The molecule has 2 unspecified atom stereocenters. The molecule has 2 N–H and O–H groups in total. The SMILES string of the molecule is CC(NC(=O)C(C)N1CCNCC1)C(=O)N1CCOCC1. The lowest BCUT2D eigenvalue weighted by Gasteiger charge is -2.33. The zero-order chi connectivity index (χ0) is 15.2. The summed E-state index contributed by atoms with van der Waals surface area (Å²) in [6.45, 7) is 9.53. The van der Waals surface area contributed by atoms with E-state index in [0.29, 0.717) is 26.3 Å². The molecular formula is C14H26N4O3. The molecule has 0 aromatic carbocycles. The van der Waals surface area contributed by atoms with Crippen LogP contribution >= 0.6 is 0 Å². The van der Waals surface area contributed by atoms with Gasteiger partial charge in [0.2, 0.25) is 11.8 Å². The molecule has 0 saturated carbocycles. The van der Waals surface area contributed by atoms with Crippen molar-refractivity contribution in [2.75, 3.05) is 52.5 Å². The predicted octanol–water partition coefficient (Wildman–Crippen LogP) is -1.36. The second-order valence-corrected chi connectivity index (χ2v) is 5.63. The maximum absolute atomic E-state index is 12.3. The molecule has 0 aromatic rings. The molecule has 2 heterocycles. The van der Waals surface area contributed by atoms with Crippen molar-refractivity contribution < 1.29 is 14.3 Å². The van der Waals surface area contributed by atoms with E-state index in [4.69, 9.17) is 4.74 Å². The highest BCUT2D eigenvalue weighted by Gasteiger charge is 2.27. The van der Waals surface area contributed by atoms with Crippen LogP contribution < -0.4 is 10.6 Å². The van der Waals surface area contributed by atoms with Gasteiger partial charge < -0.3 is 20.3 Å². The standard InChI is InChI=1S/C14H26N4O3/c1-11(14(20)18-7-9-21-10-8-18)16-13(19)12(2)17-5-3-15-4-6-17/h11-12,15H,3-10H2,1-2H3,(H,16,19). The van der Waals surface area contributed by atoms with Gasteiger partial charge >= 0.3 is 0 Å². The van der Waals surface area contributed by atoms with E-state index in [1.807, 2.05) is 6.92 Å². The van der Waals surface area contributed by atoms with Crippen molar-refractivity contribution in [3.8, 4) is 0 Å². The van der Waals surface area contributed by atoms with Gasteiger partial charge in [0.15, 0.2) is 0 Å². The summed E-state index contributed by atoms with van der Waals surface area (Å²) in [5.74, 6) is -0.106. The summed E-state index contributed by atoms with van der Waals surface area (Å²) < 4.78 is 5.23. The summed E-state index contributed by atoms with van der Waals surface area (Å²) in [6, 6.07) is -0.687. The Labute approximate surface area is 126 Å². The number of rotatable bonds is 4. The van der Waals surface area contributed by atoms with E-state index < -0.39 is 6.04 Å². The van der Waals surface area contributed by atoms with Crippen LogP contribution in [0.3, 0.4) is 0 Å². The number of piperazine rings is 1. The minimum atomic E-state index is -0.485. The zero-order valence-corrected chi connectivity index (χ0v) is 12.9. The summed E-state index contributed by atoms with van der Waals surface area (Å²) in [5, 5.41) is 6.11. The molecule has 0 spiro atoms. The van der Waals surface area contributed by atoms with Crippen LogP contribution in [-0.2, 0) is 14.3 Å². The van der Waals surface area contributed by atoms with E-state index in [1.54, 1.807) is 11.8 Å². The van der Waals surface area contributed by atoms with Crippen molar-refractivity contribution in [1.29, 1.82) is 0 Å². The van der Waals surface area contributed by atoms with Gasteiger partial charge in [0, 0.05) is 39.3 Å². The summed E-state index contributed by atoms with van der Waals surface area (Å²) in [4.78, 5) is 28.4. The Morgan fingerprint density at radius 1 is 1.10 bits per heavy atom. The molecule has 0 aromatic heterocycles. The van der Waals surface area contributed by atoms with E-state index in [0.717, 1.165) is 26.2 Å². The molecule has 2 rings (SSSR count). The third kappa shape index (κ3) is 4.39. The van der Waals surface area contributed by atoms with Crippen molar-refractivity contribution >= 4 is 11.8 Å². The quantitative estimate of drug-likeness (QED) is 0.671. The van der Waals surface area contributed by atoms with Gasteiger partial charge in [-0.15, -0.1) is 0 Å². The van der Waals surface area contributed by atoms with Crippen molar-refractivity contribution in [2.45, 2.75) is 25.9 Å². The van der Waals surface area contributed by atoms with Crippen molar-refractivity contribution in [3.63, 3.8) is 0 Å². The number of hydrogen-bond donors (Lipinski definition) is 2. The van der Waals surface area contributed by atoms with Gasteiger partial charge in [-0.05, 0) is 13.8 Å². The zero-order valence-electron chi connectivity index (χ0n) is 12.9. The van der Waals surface area contributed by atoms with E-state index in [1.165, 1.54) is 0 Å². The maximum atomic E-state index is 12.3. The lowest BCUT2D eigenvalue weighted by Crippen LogP contribution is -2.56. The average molecular weight is 298 g/mol. The van der Waals surface area contributed by atoms with Gasteiger partial charge in [0.05, 0.1) is 19.3 Å². The van der Waals surface area contributed by atoms with Crippen LogP contribution in [0.4, 0.5) is 0 Å². The number of nitrogens with zero attached hydrogens (tertiary/aromatic N) is 2. The van der Waals surface area contributed by atoms with Crippen molar-refractivity contribution in [3.05, 3.63) is 0 Å². The number of carbonyl (C=O) groups excluding carboxylic acids is 2. The first-order valence-corrected chi connectivity index (χ1v) is 7.71. The van der Waals surface area contributed by atoms with Crippen LogP contribution in [-0.4, -0.2) is 86.2 Å². The van der Waals surface area contributed by atoms with E-state index in [-0.39, 0.29) is 17.9 Å². The molecule has 21 heavy (non-hydrogen) atoms. The lowest BCUT2D eigenvalue weighted by molar-refractivity contribution is -0.140. The van der Waals surface area contributed by atoms with Gasteiger partial charge in [0.25, 0.3) is 0 Å². The Bertz CT molecular complexity index is 365. The fraction of sp³-hybridized carbons (Fsp3) is 0.857. The third-order valence-electron chi connectivity index (χ3n) is 4.13. The van der Waals surface area contributed by atoms with E-state index >= 15 is 0 Å². The molecule has 2 aliphatic heterocycles. The van der Waals surface area contributed by atoms with Gasteiger partial charge in [-0.3, -0.25) is 14.5 Å². The second-order valence-electron chi connectivity index (χ2n) is 5.63. The molecule has 2 atom stereocenters. The molecule has 0 aliphatic carbocycles. The van der Waals surface area contributed by atoms with Crippen LogP contribution in [0.15, 0.2) is 0 Å². The molecule has 2 aliphatic rings. The molecule has 2 amide bonds. The highest BCUT2D eigenvalue weighted by Crippen LogP contribution is 2.04.